The highest BCUT2D eigenvalue weighted by molar-refractivity contribution is 9.10. The van der Waals surface area contributed by atoms with Gasteiger partial charge in [0.1, 0.15) is 5.82 Å². The van der Waals surface area contributed by atoms with Crippen molar-refractivity contribution in [3.05, 3.63) is 45.4 Å². The summed E-state index contributed by atoms with van der Waals surface area (Å²) in [5, 5.41) is 14.8. The predicted molar refractivity (Wildman–Crippen MR) is 65.2 cm³/mol. The van der Waals surface area contributed by atoms with Gasteiger partial charge in [-0.2, -0.15) is 13.2 Å². The molecular weight excluding hydrogens is 362 g/mol. The molecule has 1 aromatic heterocycles. The average molecular weight is 368 g/mol. The molecule has 0 bridgehead atoms. The summed E-state index contributed by atoms with van der Waals surface area (Å²) in [7, 11) is 0. The number of aromatic nitrogens is 3. The Hall–Kier alpha value is -1.97. The molecule has 112 valence electrons. The first-order valence-corrected chi connectivity index (χ1v) is 6.17. The van der Waals surface area contributed by atoms with Crippen molar-refractivity contribution in [1.82, 2.24) is 15.0 Å². The average Bonchev–Trinajstić information content (AvgIpc) is 2.76. The second kappa shape index (κ2) is 5.43. The summed E-state index contributed by atoms with van der Waals surface area (Å²) in [6.07, 6.45) is -4.97. The van der Waals surface area contributed by atoms with Gasteiger partial charge in [0.05, 0.1) is 6.54 Å². The largest absolute Gasteiger partial charge is 0.476 e. The van der Waals surface area contributed by atoms with Gasteiger partial charge in [0.2, 0.25) is 5.69 Å². The van der Waals surface area contributed by atoms with Crippen molar-refractivity contribution in [2.75, 3.05) is 0 Å². The smallest absolute Gasteiger partial charge is 0.435 e. The Morgan fingerprint density at radius 3 is 2.57 bits per heavy atom. The van der Waals surface area contributed by atoms with Crippen LogP contribution in [0.15, 0.2) is 22.7 Å². The van der Waals surface area contributed by atoms with Crippen molar-refractivity contribution in [3.63, 3.8) is 0 Å². The molecule has 0 atom stereocenters. The van der Waals surface area contributed by atoms with Crippen molar-refractivity contribution in [2.45, 2.75) is 12.7 Å². The van der Waals surface area contributed by atoms with Crippen molar-refractivity contribution >= 4 is 21.9 Å². The molecule has 0 fully saturated rings. The lowest BCUT2D eigenvalue weighted by molar-refractivity contribution is -0.144. The Morgan fingerprint density at radius 1 is 1.38 bits per heavy atom. The zero-order valence-corrected chi connectivity index (χ0v) is 11.6. The van der Waals surface area contributed by atoms with E-state index in [9.17, 15) is 22.4 Å². The van der Waals surface area contributed by atoms with Crippen LogP contribution in [-0.4, -0.2) is 26.1 Å². The first kappa shape index (κ1) is 15.4. The molecule has 0 aliphatic carbocycles. The highest BCUT2D eigenvalue weighted by Crippen LogP contribution is 2.31. The standard InChI is InChI=1S/C11H6BrF4N3O2/c12-6-2-1-5(7(13)3-6)4-19-9(11(14,15)16)8(10(20)21)17-18-19/h1-3H,4H2,(H,20,21). The minimum atomic E-state index is -4.97. The summed E-state index contributed by atoms with van der Waals surface area (Å²) >= 11 is 3.02. The molecule has 0 spiro atoms. The van der Waals surface area contributed by atoms with Gasteiger partial charge >= 0.3 is 12.1 Å². The highest BCUT2D eigenvalue weighted by atomic mass is 79.9. The Labute approximate surface area is 123 Å². The number of hydrogen-bond acceptors (Lipinski definition) is 3. The second-order valence-electron chi connectivity index (χ2n) is 3.98. The zero-order valence-electron chi connectivity index (χ0n) is 10.0. The van der Waals surface area contributed by atoms with Crippen LogP contribution < -0.4 is 0 Å². The lowest BCUT2D eigenvalue weighted by Gasteiger charge is -2.10. The third kappa shape index (κ3) is 3.20. The Bertz CT molecular complexity index is 699. The molecule has 0 unspecified atom stereocenters. The van der Waals surface area contributed by atoms with Gasteiger partial charge in [-0.1, -0.05) is 27.2 Å². The maximum Gasteiger partial charge on any atom is 0.435 e. The van der Waals surface area contributed by atoms with Gasteiger partial charge in [0.25, 0.3) is 0 Å². The zero-order chi connectivity index (χ0) is 15.8. The molecule has 0 saturated carbocycles. The third-order valence-corrected chi connectivity index (χ3v) is 3.03. The number of carboxylic acids is 1. The molecule has 21 heavy (non-hydrogen) atoms. The van der Waals surface area contributed by atoms with Gasteiger partial charge in [-0.25, -0.2) is 13.9 Å². The number of rotatable bonds is 3. The fraction of sp³-hybridized carbons (Fsp3) is 0.182. The van der Waals surface area contributed by atoms with Gasteiger partial charge in [0, 0.05) is 10.0 Å². The van der Waals surface area contributed by atoms with Crippen LogP contribution in [0.4, 0.5) is 17.6 Å². The van der Waals surface area contributed by atoms with Crippen LogP contribution in [0.5, 0.6) is 0 Å². The number of carbonyl (C=O) groups is 1. The van der Waals surface area contributed by atoms with E-state index >= 15 is 0 Å². The van der Waals surface area contributed by atoms with E-state index < -0.39 is 35.9 Å². The Kier molecular flexibility index (Phi) is 3.99. The van der Waals surface area contributed by atoms with Gasteiger partial charge in [-0.15, -0.1) is 5.10 Å². The quantitative estimate of drug-likeness (QED) is 0.846. The minimum absolute atomic E-state index is 0.0782. The number of halogens is 5. The molecule has 0 aliphatic rings. The van der Waals surface area contributed by atoms with Gasteiger partial charge in [-0.05, 0) is 12.1 Å². The first-order valence-electron chi connectivity index (χ1n) is 5.38. The summed E-state index contributed by atoms with van der Waals surface area (Å²) in [6, 6.07) is 3.79. The number of hydrogen-bond donors (Lipinski definition) is 1. The Balaban J connectivity index is 2.47. The van der Waals surface area contributed by atoms with Gasteiger partial charge < -0.3 is 5.11 Å². The molecule has 1 aromatic carbocycles. The molecule has 10 heteroatoms. The predicted octanol–water partition coefficient (Wildman–Crippen LogP) is 2.95. The number of nitrogens with zero attached hydrogens (tertiary/aromatic N) is 3. The summed E-state index contributed by atoms with van der Waals surface area (Å²) < 4.78 is 53.1. The minimum Gasteiger partial charge on any atom is -0.476 e. The van der Waals surface area contributed by atoms with Crippen molar-refractivity contribution < 1.29 is 27.5 Å². The lowest BCUT2D eigenvalue weighted by atomic mass is 10.2. The fourth-order valence-electron chi connectivity index (χ4n) is 1.66. The number of carboxylic acid groups (broad SMARTS) is 1. The molecule has 1 N–H and O–H groups in total. The molecular formula is C11H6BrF4N3O2. The number of alkyl halides is 3. The molecule has 2 rings (SSSR count). The summed E-state index contributed by atoms with van der Waals surface area (Å²) in [4.78, 5) is 10.7. The third-order valence-electron chi connectivity index (χ3n) is 2.54. The maximum absolute atomic E-state index is 13.6. The van der Waals surface area contributed by atoms with Crippen LogP contribution in [0, 0.1) is 5.82 Å². The molecule has 0 saturated heterocycles. The fourth-order valence-corrected chi connectivity index (χ4v) is 1.99. The van der Waals surface area contributed by atoms with E-state index in [4.69, 9.17) is 5.11 Å². The molecule has 0 amide bonds. The number of benzene rings is 1. The summed E-state index contributed by atoms with van der Waals surface area (Å²) in [5.74, 6) is -2.60. The van der Waals surface area contributed by atoms with E-state index in [1.165, 1.54) is 12.1 Å². The van der Waals surface area contributed by atoms with Crippen LogP contribution in [0.25, 0.3) is 0 Å². The van der Waals surface area contributed by atoms with Crippen LogP contribution in [0.1, 0.15) is 21.7 Å². The van der Waals surface area contributed by atoms with E-state index in [2.05, 4.69) is 26.2 Å². The van der Waals surface area contributed by atoms with E-state index in [0.29, 0.717) is 9.15 Å². The van der Waals surface area contributed by atoms with E-state index in [1.54, 1.807) is 0 Å². The monoisotopic (exact) mass is 367 g/mol. The van der Waals surface area contributed by atoms with Crippen LogP contribution in [-0.2, 0) is 12.7 Å². The molecule has 0 aliphatic heterocycles. The number of aromatic carboxylic acids is 1. The molecule has 1 heterocycles. The van der Waals surface area contributed by atoms with Crippen molar-refractivity contribution in [2.24, 2.45) is 0 Å². The van der Waals surface area contributed by atoms with Crippen molar-refractivity contribution in [3.8, 4) is 0 Å². The summed E-state index contributed by atoms with van der Waals surface area (Å²) in [6.45, 7) is -0.589. The maximum atomic E-state index is 13.6. The summed E-state index contributed by atoms with van der Waals surface area (Å²) in [5.41, 5.74) is -2.83. The normalized spacial score (nSPS) is 11.7. The highest BCUT2D eigenvalue weighted by Gasteiger charge is 2.41. The first-order chi connectivity index (χ1) is 9.70. The molecule has 2 aromatic rings. The molecule has 5 nitrogen and oxygen atoms in total. The van der Waals surface area contributed by atoms with Crippen molar-refractivity contribution in [1.29, 1.82) is 0 Å². The van der Waals surface area contributed by atoms with Crippen LogP contribution >= 0.6 is 15.9 Å². The lowest BCUT2D eigenvalue weighted by Crippen LogP contribution is -2.19. The SMILES string of the molecule is O=C(O)c1nnn(Cc2ccc(Br)cc2F)c1C(F)(F)F. The van der Waals surface area contributed by atoms with Gasteiger partial charge in [0.15, 0.2) is 5.69 Å². The molecule has 0 radical (unpaired) electrons. The topological polar surface area (TPSA) is 68.0 Å². The Morgan fingerprint density at radius 2 is 2.05 bits per heavy atom. The van der Waals surface area contributed by atoms with E-state index in [-0.39, 0.29) is 5.56 Å². The van der Waals surface area contributed by atoms with E-state index in [1.807, 2.05) is 0 Å². The van der Waals surface area contributed by atoms with E-state index in [0.717, 1.165) is 6.07 Å². The second-order valence-corrected chi connectivity index (χ2v) is 4.90. The van der Waals surface area contributed by atoms with Crippen LogP contribution in [0.3, 0.4) is 0 Å². The van der Waals surface area contributed by atoms with Gasteiger partial charge in [-0.3, -0.25) is 0 Å². The van der Waals surface area contributed by atoms with Crippen LogP contribution in [0.2, 0.25) is 0 Å².